The van der Waals surface area contributed by atoms with Crippen LogP contribution in [0, 0.1) is 0 Å². The van der Waals surface area contributed by atoms with Gasteiger partial charge >= 0.3 is 0 Å². The first-order chi connectivity index (χ1) is 16.9. The van der Waals surface area contributed by atoms with E-state index in [9.17, 15) is 13.2 Å². The van der Waals surface area contributed by atoms with Crippen molar-refractivity contribution in [3.63, 3.8) is 0 Å². The number of aromatic nitrogens is 1. The summed E-state index contributed by atoms with van der Waals surface area (Å²) in [5.41, 5.74) is 2.97. The molecule has 1 N–H and O–H groups in total. The fourth-order valence-electron chi connectivity index (χ4n) is 2.95. The highest BCUT2D eigenvalue weighted by atomic mass is 79.9. The Morgan fingerprint density at radius 3 is 2.60 bits per heavy atom. The van der Waals surface area contributed by atoms with E-state index in [0.29, 0.717) is 28.1 Å². The molecule has 0 spiro atoms. The van der Waals surface area contributed by atoms with Gasteiger partial charge in [-0.2, -0.15) is 5.10 Å². The molecule has 0 radical (unpaired) electrons. The highest BCUT2D eigenvalue weighted by Gasteiger charge is 2.27. The summed E-state index contributed by atoms with van der Waals surface area (Å²) in [7, 11) is -2.53. The molecule has 0 aliphatic heterocycles. The molecule has 9 nitrogen and oxygen atoms in total. The number of amides is 1. The normalized spacial score (nSPS) is 11.1. The minimum atomic E-state index is -4.04. The molecule has 0 bridgehead atoms. The number of halogens is 1. The van der Waals surface area contributed by atoms with Crippen LogP contribution in [0.25, 0.3) is 0 Å². The molecule has 11 heteroatoms. The second kappa shape index (κ2) is 12.1. The zero-order chi connectivity index (χ0) is 25.3. The molecule has 1 heterocycles. The Labute approximate surface area is 212 Å². The van der Waals surface area contributed by atoms with Gasteiger partial charge in [-0.05, 0) is 57.9 Å². The van der Waals surface area contributed by atoms with E-state index in [1.807, 2.05) is 0 Å². The molecule has 182 valence electrons. The number of pyridine rings is 1. The minimum absolute atomic E-state index is 0.0395. The fourth-order valence-corrected chi connectivity index (χ4v) is 4.92. The molecule has 2 aromatic carbocycles. The van der Waals surface area contributed by atoms with Crippen LogP contribution >= 0.6 is 15.9 Å². The molecule has 3 aromatic rings. The van der Waals surface area contributed by atoms with Crippen LogP contribution < -0.4 is 19.2 Å². The molecule has 0 saturated carbocycles. The Morgan fingerprint density at radius 1 is 1.20 bits per heavy atom. The number of hydrazone groups is 1. The van der Waals surface area contributed by atoms with Crippen molar-refractivity contribution in [1.29, 1.82) is 0 Å². The van der Waals surface area contributed by atoms with Crippen LogP contribution in [0.3, 0.4) is 0 Å². The second-order valence-electron chi connectivity index (χ2n) is 6.94. The topological polar surface area (TPSA) is 110 Å². The maximum Gasteiger partial charge on any atom is 0.265 e. The lowest BCUT2D eigenvalue weighted by molar-refractivity contribution is -0.119. The van der Waals surface area contributed by atoms with E-state index in [-0.39, 0.29) is 10.7 Å². The molecule has 0 saturated heterocycles. The molecular formula is C24H23BrN4O5S. The van der Waals surface area contributed by atoms with E-state index in [0.717, 1.165) is 4.31 Å². The third kappa shape index (κ3) is 6.67. The van der Waals surface area contributed by atoms with Crippen LogP contribution in [0.1, 0.15) is 5.56 Å². The number of benzene rings is 2. The van der Waals surface area contributed by atoms with E-state index in [2.05, 4.69) is 38.0 Å². The first-order valence-corrected chi connectivity index (χ1v) is 12.5. The van der Waals surface area contributed by atoms with Gasteiger partial charge in [-0.15, -0.1) is 0 Å². The minimum Gasteiger partial charge on any atom is -0.493 e. The number of hydrogen-bond donors (Lipinski definition) is 1. The van der Waals surface area contributed by atoms with Crippen LogP contribution in [0.2, 0.25) is 0 Å². The van der Waals surface area contributed by atoms with Gasteiger partial charge in [0, 0.05) is 6.20 Å². The Balaban J connectivity index is 1.77. The van der Waals surface area contributed by atoms with Gasteiger partial charge in [-0.1, -0.05) is 36.9 Å². The van der Waals surface area contributed by atoms with Crippen molar-refractivity contribution < 1.29 is 22.7 Å². The first-order valence-electron chi connectivity index (χ1n) is 10.3. The largest absolute Gasteiger partial charge is 0.493 e. The molecule has 3 rings (SSSR count). The lowest BCUT2D eigenvalue weighted by Crippen LogP contribution is -2.40. The zero-order valence-electron chi connectivity index (χ0n) is 18.8. The number of hydrogen-bond acceptors (Lipinski definition) is 7. The maximum atomic E-state index is 13.2. The van der Waals surface area contributed by atoms with Crippen LogP contribution in [0.15, 0.2) is 94.0 Å². The van der Waals surface area contributed by atoms with E-state index in [1.165, 1.54) is 37.7 Å². The maximum absolute atomic E-state index is 13.2. The highest BCUT2D eigenvalue weighted by molar-refractivity contribution is 9.10. The van der Waals surface area contributed by atoms with Crippen molar-refractivity contribution in [2.75, 3.05) is 24.6 Å². The average Bonchev–Trinajstić information content (AvgIpc) is 2.87. The summed E-state index contributed by atoms with van der Waals surface area (Å²) in [5, 5.41) is 3.95. The number of carbonyl (C=O) groups is 1. The van der Waals surface area contributed by atoms with Crippen molar-refractivity contribution in [3.05, 3.63) is 89.6 Å². The number of nitrogens with one attached hydrogen (secondary N) is 1. The molecule has 1 aromatic heterocycles. The first kappa shape index (κ1) is 25.9. The second-order valence-corrected chi connectivity index (χ2v) is 9.66. The summed E-state index contributed by atoms with van der Waals surface area (Å²) >= 11 is 3.42. The van der Waals surface area contributed by atoms with Crippen molar-refractivity contribution >= 4 is 43.9 Å². The molecule has 0 unspecified atom stereocenters. The third-order valence-electron chi connectivity index (χ3n) is 4.52. The monoisotopic (exact) mass is 558 g/mol. The summed E-state index contributed by atoms with van der Waals surface area (Å²) in [6, 6.07) is 16.0. The SMILES string of the molecule is C=CCOc1c(Br)cc(/C=N\NC(=O)CN(c2ccccn2)S(=O)(=O)c2ccccc2)cc1OC. The number of rotatable bonds is 11. The van der Waals surface area contributed by atoms with Crippen molar-refractivity contribution in [1.82, 2.24) is 10.4 Å². The van der Waals surface area contributed by atoms with E-state index in [4.69, 9.17) is 9.47 Å². The van der Waals surface area contributed by atoms with Crippen molar-refractivity contribution in [2.45, 2.75) is 4.90 Å². The summed E-state index contributed by atoms with van der Waals surface area (Å²) in [4.78, 5) is 16.8. The predicted molar refractivity (Wildman–Crippen MR) is 137 cm³/mol. The molecule has 0 aliphatic carbocycles. The fraction of sp³-hybridized carbons (Fsp3) is 0.125. The molecule has 0 aliphatic rings. The highest BCUT2D eigenvalue weighted by Crippen LogP contribution is 2.36. The van der Waals surface area contributed by atoms with Gasteiger partial charge < -0.3 is 9.47 Å². The number of carbonyl (C=O) groups excluding carboxylic acids is 1. The van der Waals surface area contributed by atoms with Crippen LogP contribution in [0.5, 0.6) is 11.5 Å². The van der Waals surface area contributed by atoms with E-state index < -0.39 is 22.5 Å². The number of ether oxygens (including phenoxy) is 2. The Hall–Kier alpha value is -3.70. The lowest BCUT2D eigenvalue weighted by atomic mass is 10.2. The number of anilines is 1. The average molecular weight is 559 g/mol. The smallest absolute Gasteiger partial charge is 0.265 e. The Morgan fingerprint density at radius 2 is 1.94 bits per heavy atom. The van der Waals surface area contributed by atoms with Gasteiger partial charge in [0.15, 0.2) is 11.5 Å². The van der Waals surface area contributed by atoms with Gasteiger partial charge in [-0.3, -0.25) is 4.79 Å². The molecule has 1 amide bonds. The number of methoxy groups -OCH3 is 1. The lowest BCUT2D eigenvalue weighted by Gasteiger charge is -2.22. The number of nitrogens with zero attached hydrogens (tertiary/aromatic N) is 3. The van der Waals surface area contributed by atoms with Crippen LogP contribution in [0.4, 0.5) is 5.82 Å². The van der Waals surface area contributed by atoms with Crippen LogP contribution in [-0.4, -0.2) is 45.8 Å². The molecule has 0 fully saturated rings. The zero-order valence-corrected chi connectivity index (χ0v) is 21.2. The van der Waals surface area contributed by atoms with Crippen molar-refractivity contribution in [2.24, 2.45) is 5.10 Å². The predicted octanol–water partition coefficient (Wildman–Crippen LogP) is 3.76. The van der Waals surface area contributed by atoms with Gasteiger partial charge in [0.1, 0.15) is 19.0 Å². The molecule has 0 atom stereocenters. The van der Waals surface area contributed by atoms with Gasteiger partial charge in [0.25, 0.3) is 15.9 Å². The van der Waals surface area contributed by atoms with E-state index in [1.54, 1.807) is 48.5 Å². The van der Waals surface area contributed by atoms with E-state index >= 15 is 0 Å². The molecular weight excluding hydrogens is 536 g/mol. The van der Waals surface area contributed by atoms with Crippen molar-refractivity contribution in [3.8, 4) is 11.5 Å². The Kier molecular flexibility index (Phi) is 8.98. The summed E-state index contributed by atoms with van der Waals surface area (Å²) in [6.07, 6.45) is 4.47. The van der Waals surface area contributed by atoms with Gasteiger partial charge in [0.05, 0.1) is 22.7 Å². The quantitative estimate of drug-likeness (QED) is 0.218. The summed E-state index contributed by atoms with van der Waals surface area (Å²) in [6.45, 7) is 3.40. The number of sulfonamides is 1. The van der Waals surface area contributed by atoms with Gasteiger partial charge in [0.2, 0.25) is 0 Å². The Bertz CT molecular complexity index is 1300. The third-order valence-corrected chi connectivity index (χ3v) is 6.88. The standard InChI is InChI=1S/C24H23BrN4O5S/c1-3-13-34-24-20(25)14-18(15-21(24)33-2)16-27-28-23(30)17-29(22-11-7-8-12-26-22)35(31,32)19-9-5-4-6-10-19/h3-12,14-16H,1,13,17H2,2H3,(H,28,30)/b27-16-. The summed E-state index contributed by atoms with van der Waals surface area (Å²) < 4.78 is 38.9. The summed E-state index contributed by atoms with van der Waals surface area (Å²) in [5.74, 6) is 0.428. The van der Waals surface area contributed by atoms with Crippen LogP contribution in [-0.2, 0) is 14.8 Å². The van der Waals surface area contributed by atoms with Gasteiger partial charge in [-0.25, -0.2) is 23.1 Å². The molecule has 35 heavy (non-hydrogen) atoms.